The van der Waals surface area contributed by atoms with Gasteiger partial charge in [-0.1, -0.05) is 13.0 Å². The third-order valence-electron chi connectivity index (χ3n) is 2.45. The summed E-state index contributed by atoms with van der Waals surface area (Å²) in [5.74, 6) is 0.403. The van der Waals surface area contributed by atoms with Gasteiger partial charge in [-0.3, -0.25) is 10.1 Å². The highest BCUT2D eigenvalue weighted by Crippen LogP contribution is 2.33. The van der Waals surface area contributed by atoms with Crippen molar-refractivity contribution in [1.82, 2.24) is 0 Å². The van der Waals surface area contributed by atoms with Crippen LogP contribution in [0, 0.1) is 10.1 Å². The number of hydrogen-bond donors (Lipinski definition) is 0. The first-order chi connectivity index (χ1) is 7.20. The molecule has 1 saturated carbocycles. The highest BCUT2D eigenvalue weighted by molar-refractivity contribution is 5.49. The van der Waals surface area contributed by atoms with Crippen molar-refractivity contribution in [3.63, 3.8) is 0 Å². The number of aryl methyl sites for hydroxylation is 1. The minimum absolute atomic E-state index is 0.0845. The van der Waals surface area contributed by atoms with E-state index in [-0.39, 0.29) is 16.7 Å². The molecule has 0 saturated heterocycles. The van der Waals surface area contributed by atoms with Gasteiger partial charge in [0, 0.05) is 6.07 Å². The van der Waals surface area contributed by atoms with E-state index in [0.717, 1.165) is 24.8 Å². The Morgan fingerprint density at radius 1 is 1.53 bits per heavy atom. The van der Waals surface area contributed by atoms with E-state index in [1.165, 1.54) is 0 Å². The lowest BCUT2D eigenvalue weighted by atomic mass is 10.1. The highest BCUT2D eigenvalue weighted by atomic mass is 16.6. The van der Waals surface area contributed by atoms with Crippen LogP contribution in [0.1, 0.15) is 25.3 Å². The standard InChI is InChI=1S/C11H13NO3/c1-2-8-3-6-11(15-9-4-5-9)10(7-8)12(13)14/h3,6-7,9H,2,4-5H2,1H3. The summed E-state index contributed by atoms with van der Waals surface area (Å²) < 4.78 is 5.48. The first-order valence-corrected chi connectivity index (χ1v) is 5.14. The minimum atomic E-state index is -0.378. The van der Waals surface area contributed by atoms with Crippen molar-refractivity contribution in [1.29, 1.82) is 0 Å². The predicted molar refractivity (Wildman–Crippen MR) is 56.1 cm³/mol. The summed E-state index contributed by atoms with van der Waals surface area (Å²) in [6, 6.07) is 5.18. The average Bonchev–Trinajstić information content (AvgIpc) is 3.02. The quantitative estimate of drug-likeness (QED) is 0.563. The van der Waals surface area contributed by atoms with Crippen LogP contribution >= 0.6 is 0 Å². The molecule has 0 aliphatic heterocycles. The number of nitrogens with zero attached hydrogens (tertiary/aromatic N) is 1. The number of nitro groups is 1. The smallest absolute Gasteiger partial charge is 0.311 e. The summed E-state index contributed by atoms with van der Waals surface area (Å²) in [5, 5.41) is 10.8. The van der Waals surface area contributed by atoms with Crippen LogP contribution in [0.3, 0.4) is 0 Å². The SMILES string of the molecule is CCc1ccc(OC2CC2)c([N+](=O)[O-])c1. The van der Waals surface area contributed by atoms with E-state index < -0.39 is 0 Å². The fraction of sp³-hybridized carbons (Fsp3) is 0.455. The topological polar surface area (TPSA) is 52.4 Å². The molecule has 1 aromatic rings. The zero-order chi connectivity index (χ0) is 10.8. The van der Waals surface area contributed by atoms with Crippen molar-refractivity contribution >= 4 is 5.69 Å². The van der Waals surface area contributed by atoms with Crippen LogP contribution in [0.25, 0.3) is 0 Å². The van der Waals surface area contributed by atoms with Gasteiger partial charge in [-0.2, -0.15) is 0 Å². The fourth-order valence-corrected chi connectivity index (χ4v) is 1.39. The Bertz CT molecular complexity index is 385. The summed E-state index contributed by atoms with van der Waals surface area (Å²) in [6.07, 6.45) is 3.00. The Hall–Kier alpha value is -1.58. The van der Waals surface area contributed by atoms with Gasteiger partial charge in [0.15, 0.2) is 5.75 Å². The zero-order valence-electron chi connectivity index (χ0n) is 8.60. The molecule has 15 heavy (non-hydrogen) atoms. The highest BCUT2D eigenvalue weighted by Gasteiger charge is 2.27. The van der Waals surface area contributed by atoms with Gasteiger partial charge in [-0.25, -0.2) is 0 Å². The summed E-state index contributed by atoms with van der Waals surface area (Å²) >= 11 is 0. The molecule has 4 heteroatoms. The summed E-state index contributed by atoms with van der Waals surface area (Å²) in [7, 11) is 0. The average molecular weight is 207 g/mol. The van der Waals surface area contributed by atoms with E-state index in [2.05, 4.69) is 0 Å². The van der Waals surface area contributed by atoms with Crippen LogP contribution in [0.15, 0.2) is 18.2 Å². The summed E-state index contributed by atoms with van der Waals surface area (Å²) in [6.45, 7) is 1.97. The number of hydrogen-bond acceptors (Lipinski definition) is 3. The second-order valence-corrected chi connectivity index (χ2v) is 3.73. The van der Waals surface area contributed by atoms with Crippen LogP contribution in [-0.4, -0.2) is 11.0 Å². The van der Waals surface area contributed by atoms with Gasteiger partial charge in [0.25, 0.3) is 0 Å². The summed E-state index contributed by atoms with van der Waals surface area (Å²) in [4.78, 5) is 10.4. The molecule has 0 bridgehead atoms. The van der Waals surface area contributed by atoms with E-state index in [4.69, 9.17) is 4.74 Å². The molecule has 0 amide bonds. The molecule has 0 N–H and O–H groups in total. The van der Waals surface area contributed by atoms with E-state index >= 15 is 0 Å². The zero-order valence-corrected chi connectivity index (χ0v) is 8.60. The number of ether oxygens (including phenoxy) is 1. The molecule has 1 fully saturated rings. The van der Waals surface area contributed by atoms with Crippen molar-refractivity contribution < 1.29 is 9.66 Å². The van der Waals surface area contributed by atoms with Crippen molar-refractivity contribution in [2.24, 2.45) is 0 Å². The Labute approximate surface area is 88.0 Å². The maximum atomic E-state index is 10.8. The second kappa shape index (κ2) is 3.88. The third kappa shape index (κ3) is 2.26. The first kappa shape index (κ1) is 9.96. The van der Waals surface area contributed by atoms with Gasteiger partial charge in [0.05, 0.1) is 11.0 Å². The monoisotopic (exact) mass is 207 g/mol. The molecule has 0 heterocycles. The van der Waals surface area contributed by atoms with Gasteiger partial charge >= 0.3 is 5.69 Å². The number of benzene rings is 1. The molecule has 4 nitrogen and oxygen atoms in total. The molecular formula is C11H13NO3. The molecule has 0 spiro atoms. The predicted octanol–water partition coefficient (Wildman–Crippen LogP) is 2.70. The molecule has 1 aliphatic carbocycles. The molecule has 1 aliphatic rings. The molecule has 1 aromatic carbocycles. The van der Waals surface area contributed by atoms with Crippen LogP contribution in [-0.2, 0) is 6.42 Å². The van der Waals surface area contributed by atoms with E-state index in [9.17, 15) is 10.1 Å². The van der Waals surface area contributed by atoms with Crippen molar-refractivity contribution in [3.8, 4) is 5.75 Å². The lowest BCUT2D eigenvalue weighted by molar-refractivity contribution is -0.386. The van der Waals surface area contributed by atoms with Crippen LogP contribution in [0.5, 0.6) is 5.75 Å². The van der Waals surface area contributed by atoms with E-state index in [0.29, 0.717) is 5.75 Å². The second-order valence-electron chi connectivity index (χ2n) is 3.73. The van der Waals surface area contributed by atoms with Gasteiger partial charge in [-0.15, -0.1) is 0 Å². The fourth-order valence-electron chi connectivity index (χ4n) is 1.39. The van der Waals surface area contributed by atoms with Gasteiger partial charge in [-0.05, 0) is 30.9 Å². The van der Waals surface area contributed by atoms with Crippen LogP contribution < -0.4 is 4.74 Å². The molecule has 80 valence electrons. The van der Waals surface area contributed by atoms with Crippen molar-refractivity contribution in [2.75, 3.05) is 0 Å². The van der Waals surface area contributed by atoms with Crippen LogP contribution in [0.4, 0.5) is 5.69 Å². The van der Waals surface area contributed by atoms with Gasteiger partial charge in [0.2, 0.25) is 0 Å². The van der Waals surface area contributed by atoms with E-state index in [1.54, 1.807) is 12.1 Å². The maximum Gasteiger partial charge on any atom is 0.311 e. The Balaban J connectivity index is 2.29. The third-order valence-corrected chi connectivity index (χ3v) is 2.45. The molecule has 2 rings (SSSR count). The largest absolute Gasteiger partial charge is 0.483 e. The van der Waals surface area contributed by atoms with E-state index in [1.807, 2.05) is 13.0 Å². The van der Waals surface area contributed by atoms with Gasteiger partial charge < -0.3 is 4.74 Å². The van der Waals surface area contributed by atoms with Crippen LogP contribution in [0.2, 0.25) is 0 Å². The Morgan fingerprint density at radius 3 is 2.80 bits per heavy atom. The normalized spacial score (nSPS) is 15.0. The van der Waals surface area contributed by atoms with Crippen molar-refractivity contribution in [3.05, 3.63) is 33.9 Å². The lowest BCUT2D eigenvalue weighted by Crippen LogP contribution is -2.00. The van der Waals surface area contributed by atoms with Crippen molar-refractivity contribution in [2.45, 2.75) is 32.3 Å². The number of nitro benzene ring substituents is 1. The summed E-state index contributed by atoms with van der Waals surface area (Å²) in [5.41, 5.74) is 1.05. The molecule has 0 unspecified atom stereocenters. The molecule has 0 radical (unpaired) electrons. The maximum absolute atomic E-state index is 10.8. The molecule has 0 atom stereocenters. The molecule has 0 aromatic heterocycles. The Kier molecular flexibility index (Phi) is 2.58. The first-order valence-electron chi connectivity index (χ1n) is 5.14. The van der Waals surface area contributed by atoms with Gasteiger partial charge in [0.1, 0.15) is 0 Å². The minimum Gasteiger partial charge on any atom is -0.483 e. The lowest BCUT2D eigenvalue weighted by Gasteiger charge is -2.06. The number of rotatable bonds is 4. The molecular weight excluding hydrogens is 194 g/mol. The Morgan fingerprint density at radius 2 is 2.27 bits per heavy atom.